The average molecular weight is 691 g/mol. The predicted octanol–water partition coefficient (Wildman–Crippen LogP) is 8.36. The molecule has 3 aromatic carbocycles. The summed E-state index contributed by atoms with van der Waals surface area (Å²) < 4.78 is 144. The monoisotopic (exact) mass is 690 g/mol. The van der Waals surface area contributed by atoms with E-state index >= 15 is 0 Å². The zero-order valence-corrected chi connectivity index (χ0v) is 25.7. The molecule has 262 valence electrons. The largest absolute Gasteiger partial charge is 0.493 e. The molecule has 0 aromatic heterocycles. The Balaban J connectivity index is 1.16. The first kappa shape index (κ1) is 35.5. The summed E-state index contributed by atoms with van der Waals surface area (Å²) in [5.74, 6) is -3.12. The number of hydrogen-bond donors (Lipinski definition) is 0. The molecule has 2 aliphatic rings. The molecule has 0 N–H and O–H groups in total. The van der Waals surface area contributed by atoms with Gasteiger partial charge in [-0.15, -0.1) is 0 Å². The summed E-state index contributed by atoms with van der Waals surface area (Å²) in [4.78, 5) is 0. The van der Waals surface area contributed by atoms with Gasteiger partial charge in [-0.2, -0.15) is 26.3 Å². The van der Waals surface area contributed by atoms with Crippen molar-refractivity contribution in [3.63, 3.8) is 0 Å². The Morgan fingerprint density at radius 2 is 0.896 bits per heavy atom. The van der Waals surface area contributed by atoms with Gasteiger partial charge in [-0.05, 0) is 73.2 Å². The first-order valence-electron chi connectivity index (χ1n) is 15.5. The smallest absolute Gasteiger partial charge is 0.420 e. The summed E-state index contributed by atoms with van der Waals surface area (Å²) in [5.41, 5.74) is -2.97. The molecule has 0 spiro atoms. The van der Waals surface area contributed by atoms with E-state index in [2.05, 4.69) is 0 Å². The highest BCUT2D eigenvalue weighted by atomic mass is 19.4. The molecule has 5 rings (SSSR count). The maximum atomic E-state index is 14.4. The van der Waals surface area contributed by atoms with Gasteiger partial charge in [-0.1, -0.05) is 12.1 Å². The molecule has 2 atom stereocenters. The molecule has 2 saturated heterocycles. The van der Waals surface area contributed by atoms with E-state index in [4.69, 9.17) is 28.4 Å². The van der Waals surface area contributed by atoms with Crippen molar-refractivity contribution in [3.8, 4) is 23.0 Å². The maximum Gasteiger partial charge on any atom is 0.420 e. The highest BCUT2D eigenvalue weighted by Crippen LogP contribution is 2.49. The molecular weight excluding hydrogens is 656 g/mol. The first-order chi connectivity index (χ1) is 22.9. The number of alkyl halides is 6. The number of hydrogen-bond acceptors (Lipinski definition) is 6. The standard InChI is InChI=1S/C34H34F8O6/c35-25-17-21(5-7-27(25)45-15-11-23-19-47-23)3-1-13-43-29-9-10-30(32(34(40,41)42)31(29)33(37,38)39)44-14-2-4-22-6-8-28(26(36)18-22)46-16-12-24-20-48-24/h5-10,17-18,23-24H,1-4,11-16,19-20H2. The quantitative estimate of drug-likeness (QED) is 0.0760. The number of epoxide rings is 2. The van der Waals surface area contributed by atoms with Crippen molar-refractivity contribution in [3.05, 3.63) is 82.4 Å². The SMILES string of the molecule is Fc1cc(CCCOc2ccc(OCCCc3ccc(OCCC4CO4)c(F)c3)c(C(F)(F)F)c2C(F)(F)F)ccc1OCCC1CO1. The van der Waals surface area contributed by atoms with E-state index in [9.17, 15) is 35.1 Å². The first-order valence-corrected chi connectivity index (χ1v) is 15.5. The van der Waals surface area contributed by atoms with Gasteiger partial charge in [0.05, 0.1) is 51.8 Å². The summed E-state index contributed by atoms with van der Waals surface area (Å²) in [5, 5.41) is 0. The molecule has 2 unspecified atom stereocenters. The van der Waals surface area contributed by atoms with Gasteiger partial charge < -0.3 is 28.4 Å². The summed E-state index contributed by atoms with van der Waals surface area (Å²) >= 11 is 0. The van der Waals surface area contributed by atoms with Crippen LogP contribution < -0.4 is 18.9 Å². The average Bonchev–Trinajstić information content (AvgIpc) is 3.95. The molecule has 0 amide bonds. The third kappa shape index (κ3) is 10.4. The van der Waals surface area contributed by atoms with Crippen LogP contribution in [0.25, 0.3) is 0 Å². The summed E-state index contributed by atoms with van der Waals surface area (Å²) in [6, 6.07) is 10.1. The van der Waals surface area contributed by atoms with Crippen molar-refractivity contribution in [2.75, 3.05) is 39.6 Å². The second kappa shape index (κ2) is 15.6. The van der Waals surface area contributed by atoms with Crippen molar-refractivity contribution in [1.29, 1.82) is 0 Å². The lowest BCUT2D eigenvalue weighted by Crippen LogP contribution is -2.20. The van der Waals surface area contributed by atoms with E-state index in [-0.39, 0.29) is 75.8 Å². The zero-order chi connectivity index (χ0) is 34.3. The van der Waals surface area contributed by atoms with Gasteiger partial charge in [0.15, 0.2) is 23.1 Å². The van der Waals surface area contributed by atoms with Crippen LogP contribution >= 0.6 is 0 Å². The van der Waals surface area contributed by atoms with Gasteiger partial charge in [0, 0.05) is 12.8 Å². The summed E-state index contributed by atoms with van der Waals surface area (Å²) in [7, 11) is 0. The third-order valence-corrected chi connectivity index (χ3v) is 7.62. The zero-order valence-electron chi connectivity index (χ0n) is 25.7. The maximum absolute atomic E-state index is 14.4. The molecule has 0 radical (unpaired) electrons. The number of rotatable bonds is 18. The predicted molar refractivity (Wildman–Crippen MR) is 157 cm³/mol. The summed E-state index contributed by atoms with van der Waals surface area (Å²) in [6.45, 7) is 1.14. The Labute approximate surface area is 271 Å². The molecule has 2 fully saturated rings. The lowest BCUT2D eigenvalue weighted by molar-refractivity contribution is -0.164. The lowest BCUT2D eigenvalue weighted by Gasteiger charge is -2.22. The molecule has 6 nitrogen and oxygen atoms in total. The molecule has 14 heteroatoms. The van der Waals surface area contributed by atoms with Crippen molar-refractivity contribution in [1.82, 2.24) is 0 Å². The highest BCUT2D eigenvalue weighted by Gasteiger charge is 2.48. The van der Waals surface area contributed by atoms with E-state index < -0.39 is 46.6 Å². The van der Waals surface area contributed by atoms with Crippen LogP contribution in [0.2, 0.25) is 0 Å². The minimum absolute atomic E-state index is 0.0521. The molecular formula is C34H34F8O6. The van der Waals surface area contributed by atoms with Crippen LogP contribution in [0.5, 0.6) is 23.0 Å². The van der Waals surface area contributed by atoms with E-state index in [1.807, 2.05) is 0 Å². The molecule has 0 saturated carbocycles. The van der Waals surface area contributed by atoms with Gasteiger partial charge in [-0.3, -0.25) is 0 Å². The Hall–Kier alpha value is -3.78. The van der Waals surface area contributed by atoms with Crippen molar-refractivity contribution >= 4 is 0 Å². The van der Waals surface area contributed by atoms with E-state index in [0.717, 1.165) is 12.1 Å². The van der Waals surface area contributed by atoms with Crippen LogP contribution in [0.4, 0.5) is 35.1 Å². The lowest BCUT2D eigenvalue weighted by atomic mass is 10.0. The number of halogens is 8. The Morgan fingerprint density at radius 1 is 0.542 bits per heavy atom. The van der Waals surface area contributed by atoms with Gasteiger partial charge in [0.1, 0.15) is 22.6 Å². The molecule has 2 aliphatic heterocycles. The fourth-order valence-corrected chi connectivity index (χ4v) is 4.99. The van der Waals surface area contributed by atoms with Crippen molar-refractivity contribution < 1.29 is 63.5 Å². The molecule has 3 aromatic rings. The van der Waals surface area contributed by atoms with Crippen molar-refractivity contribution in [2.24, 2.45) is 0 Å². The van der Waals surface area contributed by atoms with Crippen LogP contribution in [-0.2, 0) is 34.7 Å². The van der Waals surface area contributed by atoms with E-state index in [1.54, 1.807) is 12.1 Å². The molecule has 0 aliphatic carbocycles. The highest BCUT2D eigenvalue weighted by molar-refractivity contribution is 5.52. The number of ether oxygens (including phenoxy) is 6. The second-order valence-corrected chi connectivity index (χ2v) is 11.4. The number of benzene rings is 3. The summed E-state index contributed by atoms with van der Waals surface area (Å²) in [6.07, 6.45) is -8.74. The van der Waals surface area contributed by atoms with Crippen LogP contribution in [0, 0.1) is 11.6 Å². The normalized spacial score (nSPS) is 17.2. The third-order valence-electron chi connectivity index (χ3n) is 7.62. The van der Waals surface area contributed by atoms with E-state index in [0.29, 0.717) is 37.2 Å². The van der Waals surface area contributed by atoms with Crippen LogP contribution in [0.1, 0.15) is 47.9 Å². The fourth-order valence-electron chi connectivity index (χ4n) is 4.99. The molecule has 0 bridgehead atoms. The topological polar surface area (TPSA) is 62.0 Å². The Bertz CT molecular complexity index is 1410. The van der Waals surface area contributed by atoms with Gasteiger partial charge in [0.2, 0.25) is 0 Å². The Morgan fingerprint density at radius 3 is 1.23 bits per heavy atom. The van der Waals surface area contributed by atoms with Crippen LogP contribution in [-0.4, -0.2) is 51.8 Å². The molecule has 48 heavy (non-hydrogen) atoms. The minimum atomic E-state index is -5.42. The number of aryl methyl sites for hydroxylation is 2. The van der Waals surface area contributed by atoms with Gasteiger partial charge in [-0.25, -0.2) is 8.78 Å². The minimum Gasteiger partial charge on any atom is -0.493 e. The van der Waals surface area contributed by atoms with Crippen LogP contribution in [0.15, 0.2) is 48.5 Å². The fraction of sp³-hybridized carbons (Fsp3) is 0.471. The van der Waals surface area contributed by atoms with Crippen molar-refractivity contribution in [2.45, 2.75) is 63.1 Å². The molecule has 2 heterocycles. The Kier molecular flexibility index (Phi) is 11.6. The second-order valence-electron chi connectivity index (χ2n) is 11.4. The van der Waals surface area contributed by atoms with Gasteiger partial charge in [0.25, 0.3) is 0 Å². The van der Waals surface area contributed by atoms with Gasteiger partial charge >= 0.3 is 12.4 Å². The van der Waals surface area contributed by atoms with E-state index in [1.165, 1.54) is 24.3 Å². The van der Waals surface area contributed by atoms with Crippen LogP contribution in [0.3, 0.4) is 0 Å².